The van der Waals surface area contributed by atoms with E-state index >= 15 is 0 Å². The molecule has 32 heavy (non-hydrogen) atoms. The van der Waals surface area contributed by atoms with E-state index in [0.29, 0.717) is 11.4 Å². The first-order valence-electron chi connectivity index (χ1n) is 9.67. The fraction of sp³-hybridized carbons (Fsp3) is 0.556. The van der Waals surface area contributed by atoms with Crippen molar-refractivity contribution in [2.45, 2.75) is 43.8 Å². The summed E-state index contributed by atoms with van der Waals surface area (Å²) in [6.07, 6.45) is 4.56. The number of carbonyl (C=O) groups is 5. The molecule has 3 atom stereocenters. The van der Waals surface area contributed by atoms with Crippen LogP contribution in [-0.2, 0) is 30.4 Å². The van der Waals surface area contributed by atoms with Gasteiger partial charge in [-0.1, -0.05) is 0 Å². The van der Waals surface area contributed by atoms with E-state index in [9.17, 15) is 24.0 Å². The summed E-state index contributed by atoms with van der Waals surface area (Å²) in [5, 5.41) is 24.8. The predicted octanol–water partition coefficient (Wildman–Crippen LogP) is -1.93. The first-order chi connectivity index (χ1) is 15.1. The standard InChI is InChI=1S/C18H28N6O7S/c1-32-5-4-12(24-16(28)11(19)6-10-7-20-9-22-10)17(29)21-8-14(25)23-13(18(30)31)2-3-15(26)27/h7,9,11-13H,2-6,8,19H2,1H3,(H,20,22)(H,21,29)(H,23,25)(H,24,28)(H,26,27)(H,30,31). The number of amides is 3. The Morgan fingerprint density at radius 3 is 2.41 bits per heavy atom. The predicted molar refractivity (Wildman–Crippen MR) is 115 cm³/mol. The molecule has 0 bridgehead atoms. The molecule has 178 valence electrons. The molecule has 0 saturated carbocycles. The third-order valence-electron chi connectivity index (χ3n) is 4.28. The van der Waals surface area contributed by atoms with Crippen molar-refractivity contribution < 1.29 is 34.2 Å². The number of carbonyl (C=O) groups excluding carboxylic acids is 3. The minimum absolute atomic E-state index is 0.192. The molecule has 1 aromatic heterocycles. The third-order valence-corrected chi connectivity index (χ3v) is 4.92. The van der Waals surface area contributed by atoms with Gasteiger partial charge in [0.2, 0.25) is 17.7 Å². The van der Waals surface area contributed by atoms with Gasteiger partial charge in [0, 0.05) is 24.7 Å². The number of nitrogens with two attached hydrogens (primary N) is 1. The highest BCUT2D eigenvalue weighted by Crippen LogP contribution is 2.03. The van der Waals surface area contributed by atoms with Gasteiger partial charge in [0.15, 0.2) is 0 Å². The Bertz CT molecular complexity index is 789. The van der Waals surface area contributed by atoms with Crippen LogP contribution in [0, 0.1) is 0 Å². The molecule has 1 aromatic rings. The van der Waals surface area contributed by atoms with E-state index in [4.69, 9.17) is 15.9 Å². The van der Waals surface area contributed by atoms with E-state index < -0.39 is 60.8 Å². The van der Waals surface area contributed by atoms with Gasteiger partial charge >= 0.3 is 11.9 Å². The molecular formula is C18H28N6O7S. The number of aromatic nitrogens is 2. The molecule has 1 rings (SSSR count). The molecular weight excluding hydrogens is 444 g/mol. The number of H-pyrrole nitrogens is 1. The molecule has 8 N–H and O–H groups in total. The second kappa shape index (κ2) is 14.0. The van der Waals surface area contributed by atoms with Crippen LogP contribution < -0.4 is 21.7 Å². The SMILES string of the molecule is CSCCC(NC(=O)C(N)Cc1cnc[nH]1)C(=O)NCC(=O)NC(CCC(=O)O)C(=O)O. The van der Waals surface area contributed by atoms with Crippen LogP contribution in [0.15, 0.2) is 12.5 Å². The summed E-state index contributed by atoms with van der Waals surface area (Å²) in [5.41, 5.74) is 6.54. The van der Waals surface area contributed by atoms with Crippen molar-refractivity contribution in [2.75, 3.05) is 18.6 Å². The fourth-order valence-electron chi connectivity index (χ4n) is 2.57. The van der Waals surface area contributed by atoms with Crippen LogP contribution in [0.3, 0.4) is 0 Å². The molecule has 1 heterocycles. The van der Waals surface area contributed by atoms with Crippen molar-refractivity contribution in [3.05, 3.63) is 18.2 Å². The lowest BCUT2D eigenvalue weighted by molar-refractivity contribution is -0.143. The maximum absolute atomic E-state index is 12.5. The molecule has 3 unspecified atom stereocenters. The molecule has 0 fully saturated rings. The van der Waals surface area contributed by atoms with Crippen molar-refractivity contribution in [3.63, 3.8) is 0 Å². The number of nitrogens with one attached hydrogen (secondary N) is 4. The summed E-state index contributed by atoms with van der Waals surface area (Å²) in [4.78, 5) is 65.3. The Kier molecular flexibility index (Phi) is 11.8. The van der Waals surface area contributed by atoms with Gasteiger partial charge in [0.05, 0.1) is 18.9 Å². The zero-order valence-electron chi connectivity index (χ0n) is 17.5. The van der Waals surface area contributed by atoms with Crippen LogP contribution >= 0.6 is 11.8 Å². The Hall–Kier alpha value is -3.13. The minimum Gasteiger partial charge on any atom is -0.481 e. The number of carboxylic acids is 2. The summed E-state index contributed by atoms with van der Waals surface area (Å²) in [6, 6.07) is -3.27. The van der Waals surface area contributed by atoms with Gasteiger partial charge in [-0.15, -0.1) is 0 Å². The van der Waals surface area contributed by atoms with Gasteiger partial charge in [0.25, 0.3) is 0 Å². The molecule has 0 aliphatic rings. The number of hydrogen-bond acceptors (Lipinski definition) is 8. The van der Waals surface area contributed by atoms with Gasteiger partial charge in [-0.2, -0.15) is 11.8 Å². The Morgan fingerprint density at radius 2 is 1.84 bits per heavy atom. The lowest BCUT2D eigenvalue weighted by Crippen LogP contribution is -2.54. The van der Waals surface area contributed by atoms with Gasteiger partial charge in [-0.25, -0.2) is 9.78 Å². The van der Waals surface area contributed by atoms with Gasteiger partial charge < -0.3 is 36.9 Å². The third kappa shape index (κ3) is 10.3. The maximum Gasteiger partial charge on any atom is 0.326 e. The van der Waals surface area contributed by atoms with Crippen LogP contribution in [0.2, 0.25) is 0 Å². The molecule has 0 radical (unpaired) electrons. The Morgan fingerprint density at radius 1 is 1.12 bits per heavy atom. The quantitative estimate of drug-likeness (QED) is 0.150. The first kappa shape index (κ1) is 26.9. The van der Waals surface area contributed by atoms with Crippen molar-refractivity contribution >= 4 is 41.4 Å². The molecule has 0 saturated heterocycles. The summed E-state index contributed by atoms with van der Waals surface area (Å²) in [6.45, 7) is -0.540. The van der Waals surface area contributed by atoms with E-state index in [0.717, 1.165) is 0 Å². The molecule has 3 amide bonds. The number of imidazole rings is 1. The number of nitrogens with zero attached hydrogens (tertiary/aromatic N) is 1. The molecule has 0 aromatic carbocycles. The second-order valence-electron chi connectivity index (χ2n) is 6.84. The molecule has 0 aliphatic heterocycles. The van der Waals surface area contributed by atoms with Gasteiger partial charge in [0.1, 0.15) is 12.1 Å². The molecule has 0 aliphatic carbocycles. The van der Waals surface area contributed by atoms with E-state index in [2.05, 4.69) is 25.9 Å². The zero-order valence-corrected chi connectivity index (χ0v) is 18.3. The van der Waals surface area contributed by atoms with Crippen LogP contribution in [0.5, 0.6) is 0 Å². The van der Waals surface area contributed by atoms with Crippen LogP contribution in [0.1, 0.15) is 25.0 Å². The van der Waals surface area contributed by atoms with Crippen LogP contribution in [0.25, 0.3) is 0 Å². The highest BCUT2D eigenvalue weighted by molar-refractivity contribution is 7.98. The topological polar surface area (TPSA) is 217 Å². The van der Waals surface area contributed by atoms with Crippen molar-refractivity contribution in [3.8, 4) is 0 Å². The average Bonchev–Trinajstić information content (AvgIpc) is 3.24. The number of carboxylic acid groups (broad SMARTS) is 2. The maximum atomic E-state index is 12.5. The highest BCUT2D eigenvalue weighted by Gasteiger charge is 2.25. The first-order valence-corrected chi connectivity index (χ1v) is 11.1. The van der Waals surface area contributed by atoms with Crippen LogP contribution in [-0.4, -0.2) is 86.5 Å². The van der Waals surface area contributed by atoms with Crippen molar-refractivity contribution in [1.82, 2.24) is 25.9 Å². The monoisotopic (exact) mass is 472 g/mol. The molecule has 0 spiro atoms. The fourth-order valence-corrected chi connectivity index (χ4v) is 3.04. The zero-order chi connectivity index (χ0) is 24.1. The summed E-state index contributed by atoms with van der Waals surface area (Å²) >= 11 is 1.46. The number of rotatable bonds is 15. The van der Waals surface area contributed by atoms with Crippen molar-refractivity contribution in [2.24, 2.45) is 5.73 Å². The molecule has 13 nitrogen and oxygen atoms in total. The summed E-state index contributed by atoms with van der Waals surface area (Å²) < 4.78 is 0. The van der Waals surface area contributed by atoms with E-state index in [1.165, 1.54) is 24.3 Å². The van der Waals surface area contributed by atoms with E-state index in [1.54, 1.807) is 0 Å². The normalized spacial score (nSPS) is 13.4. The Labute approximate surface area is 188 Å². The van der Waals surface area contributed by atoms with Crippen molar-refractivity contribution in [1.29, 1.82) is 0 Å². The number of hydrogen-bond donors (Lipinski definition) is 7. The lowest BCUT2D eigenvalue weighted by atomic mass is 10.1. The van der Waals surface area contributed by atoms with E-state index in [1.807, 2.05) is 6.26 Å². The van der Waals surface area contributed by atoms with Gasteiger partial charge in [-0.3, -0.25) is 19.2 Å². The largest absolute Gasteiger partial charge is 0.481 e. The van der Waals surface area contributed by atoms with E-state index in [-0.39, 0.29) is 19.3 Å². The summed E-state index contributed by atoms with van der Waals surface area (Å²) in [5.74, 6) is -4.02. The minimum atomic E-state index is -1.40. The smallest absolute Gasteiger partial charge is 0.326 e. The second-order valence-corrected chi connectivity index (χ2v) is 7.82. The summed E-state index contributed by atoms with van der Waals surface area (Å²) in [7, 11) is 0. The highest BCUT2D eigenvalue weighted by atomic mass is 32.2. The number of aliphatic carboxylic acids is 2. The lowest BCUT2D eigenvalue weighted by Gasteiger charge is -2.20. The van der Waals surface area contributed by atoms with Gasteiger partial charge in [-0.05, 0) is 24.9 Å². The molecule has 14 heteroatoms. The number of aromatic amines is 1. The van der Waals surface area contributed by atoms with Crippen LogP contribution in [0.4, 0.5) is 0 Å². The number of thioether (sulfide) groups is 1. The Balaban J connectivity index is 2.60. The average molecular weight is 473 g/mol.